The number of likely N-dealkylation sites (tertiary alicyclic amines) is 3. The van der Waals surface area contributed by atoms with Crippen LogP contribution in [0.3, 0.4) is 0 Å². The first-order chi connectivity index (χ1) is 33.0. The second-order valence-corrected chi connectivity index (χ2v) is 31.0. The van der Waals surface area contributed by atoms with Crippen molar-refractivity contribution >= 4 is 0 Å². The zero-order valence-electron chi connectivity index (χ0n) is 54.0. The van der Waals surface area contributed by atoms with Crippen molar-refractivity contribution in [1.29, 1.82) is 0 Å². The average Bonchev–Trinajstić information content (AvgIpc) is 3.30. The van der Waals surface area contributed by atoms with Crippen LogP contribution in [-0.4, -0.2) is 157 Å². The maximum atomic E-state index is 5.25. The lowest BCUT2D eigenvalue weighted by Gasteiger charge is -2.41. The summed E-state index contributed by atoms with van der Waals surface area (Å²) in [6, 6.07) is 0. The van der Waals surface area contributed by atoms with E-state index in [0.717, 1.165) is 44.1 Å². The molecule has 432 valence electrons. The molecule has 7 heteroatoms. The fourth-order valence-corrected chi connectivity index (χ4v) is 11.7. The molecule has 0 N–H and O–H groups in total. The highest BCUT2D eigenvalue weighted by Crippen LogP contribution is 2.38. The van der Waals surface area contributed by atoms with Crippen molar-refractivity contribution < 1.29 is 4.74 Å². The third-order valence-corrected chi connectivity index (χ3v) is 17.6. The molecule has 2 aliphatic carbocycles. The minimum Gasteiger partial charge on any atom is -0.379 e. The van der Waals surface area contributed by atoms with E-state index in [1.54, 1.807) is 0 Å². The Labute approximate surface area is 455 Å². The molecule has 0 radical (unpaired) electrons. The van der Waals surface area contributed by atoms with Gasteiger partial charge >= 0.3 is 0 Å². The lowest BCUT2D eigenvalue weighted by molar-refractivity contribution is -0.00389. The van der Waals surface area contributed by atoms with Gasteiger partial charge in [0.15, 0.2) is 0 Å². The van der Waals surface area contributed by atoms with Gasteiger partial charge < -0.3 is 14.5 Å². The Bertz CT molecular complexity index is 1090. The number of piperidine rings is 3. The number of rotatable bonds is 0. The van der Waals surface area contributed by atoms with Crippen LogP contribution >= 0.6 is 0 Å². The van der Waals surface area contributed by atoms with Gasteiger partial charge in [0.2, 0.25) is 0 Å². The first-order valence-electron chi connectivity index (χ1n) is 31.0. The number of morpholine rings is 1. The maximum absolute atomic E-state index is 5.25. The van der Waals surface area contributed by atoms with Crippen molar-refractivity contribution in [1.82, 2.24) is 29.4 Å². The first kappa shape index (κ1) is 69.7. The molecule has 0 aromatic rings. The smallest absolute Gasteiger partial charge is 0.0594 e. The van der Waals surface area contributed by atoms with Crippen molar-refractivity contribution in [3.8, 4) is 0 Å². The Kier molecular flexibility index (Phi) is 32.2. The van der Waals surface area contributed by atoms with Gasteiger partial charge in [-0.1, -0.05) is 114 Å². The van der Waals surface area contributed by atoms with Crippen molar-refractivity contribution in [2.45, 2.75) is 283 Å². The average molecular weight is 1020 g/mol. The van der Waals surface area contributed by atoms with E-state index in [4.69, 9.17) is 4.74 Å². The predicted octanol–water partition coefficient (Wildman–Crippen LogP) is 16.3. The topological polar surface area (TPSA) is 28.7 Å². The summed E-state index contributed by atoms with van der Waals surface area (Å²) in [4.78, 5) is 15.0. The molecule has 5 heterocycles. The second kappa shape index (κ2) is 33.2. The number of likely N-dealkylation sites (N-methyl/N-ethyl adjacent to an activating group) is 1. The zero-order chi connectivity index (χ0) is 55.0. The molecular weight excluding hydrogens is 881 g/mol. The number of hydrogen-bond donors (Lipinski definition) is 0. The molecule has 0 unspecified atom stereocenters. The van der Waals surface area contributed by atoms with Crippen LogP contribution < -0.4 is 0 Å². The van der Waals surface area contributed by atoms with Crippen LogP contribution in [0.15, 0.2) is 0 Å². The van der Waals surface area contributed by atoms with Gasteiger partial charge in [-0.2, -0.15) is 0 Å². The van der Waals surface area contributed by atoms with Gasteiger partial charge in [-0.05, 0) is 235 Å². The Morgan fingerprint density at radius 2 is 0.486 bits per heavy atom. The Hall–Kier alpha value is -0.280. The molecule has 72 heavy (non-hydrogen) atoms. The van der Waals surface area contributed by atoms with E-state index in [1.165, 1.54) is 181 Å². The van der Waals surface area contributed by atoms with Crippen LogP contribution in [0.5, 0.6) is 0 Å². The van der Waals surface area contributed by atoms with Crippen molar-refractivity contribution in [2.75, 3.05) is 106 Å². The summed E-state index contributed by atoms with van der Waals surface area (Å²) in [5.74, 6) is 2.95. The number of hydrogen-bond acceptors (Lipinski definition) is 7. The summed E-state index contributed by atoms with van der Waals surface area (Å²) in [6.07, 6.45) is 26.0. The Morgan fingerprint density at radius 3 is 0.722 bits per heavy atom. The molecular formula is C65H136N6O. The zero-order valence-corrected chi connectivity index (χ0v) is 54.0. The third kappa shape index (κ3) is 31.8. The van der Waals surface area contributed by atoms with Crippen molar-refractivity contribution in [2.24, 2.45) is 34.0 Å². The van der Waals surface area contributed by atoms with E-state index >= 15 is 0 Å². The molecule has 2 saturated carbocycles. The van der Waals surface area contributed by atoms with E-state index in [-0.39, 0.29) is 0 Å². The Balaban J connectivity index is 0.000000420. The SMILES string of the molecule is CC(C)(C)C1CCCCC1.CC(C)(C)C1CCCCC1.CC(C)(C)N1CCCCC1.CC(C)(C)N1CCCCC1.CC(C)(C)N1CCOCC1.CN1CCC(C(C)(C)C)CC1.CN1CCN(C(C)(C)C)CC1. The largest absolute Gasteiger partial charge is 0.379 e. The van der Waals surface area contributed by atoms with Crippen LogP contribution in [0, 0.1) is 34.0 Å². The van der Waals surface area contributed by atoms with Crippen LogP contribution in [0.2, 0.25) is 0 Å². The molecule has 0 aromatic carbocycles. The van der Waals surface area contributed by atoms with Gasteiger partial charge in [0, 0.05) is 61.4 Å². The first-order valence-corrected chi connectivity index (χ1v) is 31.0. The fourth-order valence-electron chi connectivity index (χ4n) is 11.7. The van der Waals surface area contributed by atoms with Crippen LogP contribution in [0.4, 0.5) is 0 Å². The monoisotopic (exact) mass is 1020 g/mol. The van der Waals surface area contributed by atoms with Crippen LogP contribution in [0.25, 0.3) is 0 Å². The summed E-state index contributed by atoms with van der Waals surface area (Å²) in [7, 11) is 4.42. The van der Waals surface area contributed by atoms with E-state index in [9.17, 15) is 0 Å². The van der Waals surface area contributed by atoms with Gasteiger partial charge in [-0.3, -0.25) is 19.6 Å². The number of piperazine rings is 1. The molecule has 0 bridgehead atoms. The van der Waals surface area contributed by atoms with E-state index < -0.39 is 0 Å². The summed E-state index contributed by atoms with van der Waals surface area (Å²) in [5, 5.41) is 0. The number of nitrogens with zero attached hydrogens (tertiary/aromatic N) is 6. The summed E-state index contributed by atoms with van der Waals surface area (Å²) < 4.78 is 5.25. The molecule has 0 aromatic heterocycles. The van der Waals surface area contributed by atoms with E-state index in [2.05, 4.69) is 189 Å². The van der Waals surface area contributed by atoms with Crippen molar-refractivity contribution in [3.05, 3.63) is 0 Å². The lowest BCUT2D eigenvalue weighted by atomic mass is 9.72. The molecule has 0 atom stereocenters. The highest BCUT2D eigenvalue weighted by atomic mass is 16.5. The quantitative estimate of drug-likeness (QED) is 0.239. The fraction of sp³-hybridized carbons (Fsp3) is 1.00. The maximum Gasteiger partial charge on any atom is 0.0594 e. The van der Waals surface area contributed by atoms with Gasteiger partial charge in [0.25, 0.3) is 0 Å². The van der Waals surface area contributed by atoms with Gasteiger partial charge in [0.05, 0.1) is 13.2 Å². The second-order valence-electron chi connectivity index (χ2n) is 31.0. The van der Waals surface area contributed by atoms with Crippen molar-refractivity contribution in [3.63, 3.8) is 0 Å². The van der Waals surface area contributed by atoms with Gasteiger partial charge in [-0.25, -0.2) is 0 Å². The molecule has 0 spiro atoms. The molecule has 5 aliphatic heterocycles. The molecule has 7 nitrogen and oxygen atoms in total. The molecule has 7 fully saturated rings. The highest BCUT2D eigenvalue weighted by molar-refractivity contribution is 4.83. The van der Waals surface area contributed by atoms with Gasteiger partial charge in [0.1, 0.15) is 0 Å². The van der Waals surface area contributed by atoms with Gasteiger partial charge in [-0.15, -0.1) is 0 Å². The van der Waals surface area contributed by atoms with Crippen LogP contribution in [-0.2, 0) is 4.74 Å². The molecule has 0 amide bonds. The minimum absolute atomic E-state index is 0.323. The summed E-state index contributed by atoms with van der Waals surface area (Å²) >= 11 is 0. The summed E-state index contributed by atoms with van der Waals surface area (Å²) in [5.41, 5.74) is 3.16. The van der Waals surface area contributed by atoms with E-state index in [0.29, 0.717) is 38.4 Å². The molecule has 7 aliphatic rings. The normalized spacial score (nSPS) is 23.4. The Morgan fingerprint density at radius 1 is 0.250 bits per heavy atom. The predicted molar refractivity (Wildman–Crippen MR) is 323 cm³/mol. The summed E-state index contributed by atoms with van der Waals surface area (Å²) in [6.45, 7) is 65.5. The highest BCUT2D eigenvalue weighted by Gasteiger charge is 2.30. The molecule has 5 saturated heterocycles. The molecule has 7 rings (SSSR count). The third-order valence-electron chi connectivity index (χ3n) is 17.6. The standard InChI is InChI=1S/C10H21N.2C10H20.C9H20N2.2C9H19N.C8H17NO/c1-10(2,3)9-5-7-11(4)8-6-9;2*1-10(2,3)9-7-5-4-6-8-9;1-9(2,3)11-7-5-10(4)6-8-11;2*1-9(2,3)10-7-5-4-6-8-10;1-8(2,3)9-4-6-10-7-5-9/h9H,5-8H2,1-4H3;2*9H,4-8H2,1-3H3;5-8H2,1-4H3;2*4-8H2,1-3H3;4-7H2,1-3H3. The van der Waals surface area contributed by atoms with Crippen LogP contribution in [0.1, 0.15) is 261 Å². The number of ether oxygens (including phenoxy) is 1. The minimum atomic E-state index is 0.323. The lowest BCUT2D eigenvalue weighted by Crippen LogP contribution is -2.52. The van der Waals surface area contributed by atoms with E-state index in [1.807, 2.05) is 0 Å².